The van der Waals surface area contributed by atoms with Gasteiger partial charge in [0, 0.05) is 11.8 Å². The van der Waals surface area contributed by atoms with E-state index in [1.54, 1.807) is 6.07 Å². The summed E-state index contributed by atoms with van der Waals surface area (Å²) < 4.78 is 0. The van der Waals surface area contributed by atoms with Crippen LogP contribution in [-0.4, -0.2) is 9.97 Å². The number of benzene rings is 2. The Bertz CT molecular complexity index is 912. The summed E-state index contributed by atoms with van der Waals surface area (Å²) in [4.78, 5) is 8.81. The van der Waals surface area contributed by atoms with Crippen molar-refractivity contribution in [2.75, 3.05) is 10.6 Å². The van der Waals surface area contributed by atoms with E-state index in [4.69, 9.17) is 0 Å². The van der Waals surface area contributed by atoms with Crippen LogP contribution in [0, 0.1) is 25.2 Å². The molecule has 0 amide bonds. The molecule has 0 saturated heterocycles. The van der Waals surface area contributed by atoms with Gasteiger partial charge in [-0.15, -0.1) is 0 Å². The quantitative estimate of drug-likeness (QED) is 0.744. The van der Waals surface area contributed by atoms with Crippen molar-refractivity contribution in [2.24, 2.45) is 0 Å². The van der Waals surface area contributed by atoms with Gasteiger partial charge < -0.3 is 10.6 Å². The van der Waals surface area contributed by atoms with Gasteiger partial charge in [-0.3, -0.25) is 0 Å². The summed E-state index contributed by atoms with van der Waals surface area (Å²) >= 11 is 0. The Morgan fingerprint density at radius 3 is 2.38 bits per heavy atom. The van der Waals surface area contributed by atoms with E-state index in [0.29, 0.717) is 23.0 Å². The number of aromatic nitrogens is 2. The fourth-order valence-electron chi connectivity index (χ4n) is 2.39. The first-order valence-electron chi connectivity index (χ1n) is 7.59. The lowest BCUT2D eigenvalue weighted by atomic mass is 10.2. The second-order valence-corrected chi connectivity index (χ2v) is 5.46. The van der Waals surface area contributed by atoms with Crippen LogP contribution in [0.3, 0.4) is 0 Å². The van der Waals surface area contributed by atoms with Crippen molar-refractivity contribution >= 4 is 23.0 Å². The first-order chi connectivity index (χ1) is 11.6. The average molecular weight is 315 g/mol. The highest BCUT2D eigenvalue weighted by atomic mass is 15.1. The van der Waals surface area contributed by atoms with Crippen molar-refractivity contribution in [1.29, 1.82) is 5.26 Å². The van der Waals surface area contributed by atoms with Crippen molar-refractivity contribution in [3.63, 3.8) is 0 Å². The number of rotatable bonds is 4. The molecule has 0 bridgehead atoms. The fraction of sp³-hybridized carbons (Fsp3) is 0.105. The minimum Gasteiger partial charge on any atom is -0.340 e. The molecule has 1 heterocycles. The molecule has 24 heavy (non-hydrogen) atoms. The van der Waals surface area contributed by atoms with E-state index in [1.165, 1.54) is 5.56 Å². The smallest absolute Gasteiger partial charge is 0.136 e. The zero-order valence-electron chi connectivity index (χ0n) is 13.5. The minimum atomic E-state index is 0.571. The highest BCUT2D eigenvalue weighted by molar-refractivity contribution is 5.67. The second-order valence-electron chi connectivity index (χ2n) is 5.46. The lowest BCUT2D eigenvalue weighted by molar-refractivity contribution is 1.06. The number of anilines is 4. The Labute approximate surface area is 141 Å². The van der Waals surface area contributed by atoms with Crippen LogP contribution in [0.15, 0.2) is 54.6 Å². The molecule has 2 N–H and O–H groups in total. The zero-order valence-corrected chi connectivity index (χ0v) is 13.5. The number of aryl methyl sites for hydroxylation is 2. The molecule has 5 heteroatoms. The normalized spacial score (nSPS) is 10.0. The van der Waals surface area contributed by atoms with Crippen molar-refractivity contribution in [2.45, 2.75) is 13.8 Å². The van der Waals surface area contributed by atoms with Crippen LogP contribution in [0.2, 0.25) is 0 Å². The molecule has 2 aromatic carbocycles. The van der Waals surface area contributed by atoms with Crippen LogP contribution in [0.5, 0.6) is 0 Å². The molecule has 3 aromatic rings. The molecule has 1 aromatic heterocycles. The summed E-state index contributed by atoms with van der Waals surface area (Å²) in [6, 6.07) is 19.4. The van der Waals surface area contributed by atoms with Crippen LogP contribution in [0.1, 0.15) is 17.0 Å². The third-order valence-corrected chi connectivity index (χ3v) is 3.44. The highest BCUT2D eigenvalue weighted by Gasteiger charge is 2.06. The minimum absolute atomic E-state index is 0.571. The standard InChI is InChI=1S/C19H17N5/c1-13-6-5-8-16(10-13)23-18-11-19(22-14(2)21-18)24-17-9-4-3-7-15(17)12-20/h3-11H,1-2H3,(H2,21,22,23,24). The first kappa shape index (κ1) is 15.5. The number of hydrogen-bond acceptors (Lipinski definition) is 5. The molecule has 0 atom stereocenters. The fourth-order valence-corrected chi connectivity index (χ4v) is 2.39. The number of hydrogen-bond donors (Lipinski definition) is 2. The van der Waals surface area contributed by atoms with Gasteiger partial charge in [0.25, 0.3) is 0 Å². The number of nitrogens with zero attached hydrogens (tertiary/aromatic N) is 3. The van der Waals surface area contributed by atoms with Gasteiger partial charge in [0.15, 0.2) is 0 Å². The van der Waals surface area contributed by atoms with Gasteiger partial charge in [0.05, 0.1) is 11.3 Å². The maximum atomic E-state index is 9.19. The first-order valence-corrected chi connectivity index (χ1v) is 7.59. The summed E-state index contributed by atoms with van der Waals surface area (Å²) in [5.74, 6) is 1.98. The summed E-state index contributed by atoms with van der Waals surface area (Å²) in [6.45, 7) is 3.88. The highest BCUT2D eigenvalue weighted by Crippen LogP contribution is 2.22. The number of para-hydroxylation sites is 1. The molecule has 3 rings (SSSR count). The summed E-state index contributed by atoms with van der Waals surface area (Å²) in [6.07, 6.45) is 0. The summed E-state index contributed by atoms with van der Waals surface area (Å²) in [7, 11) is 0. The Morgan fingerprint density at radius 1 is 0.875 bits per heavy atom. The lowest BCUT2D eigenvalue weighted by Gasteiger charge is -2.11. The van der Waals surface area contributed by atoms with Crippen molar-refractivity contribution in [3.8, 4) is 6.07 Å². The van der Waals surface area contributed by atoms with Gasteiger partial charge in [0.2, 0.25) is 0 Å². The van der Waals surface area contributed by atoms with Crippen LogP contribution in [-0.2, 0) is 0 Å². The van der Waals surface area contributed by atoms with Crippen molar-refractivity contribution < 1.29 is 0 Å². The molecular weight excluding hydrogens is 298 g/mol. The van der Waals surface area contributed by atoms with Gasteiger partial charge in [-0.1, -0.05) is 24.3 Å². The van der Waals surface area contributed by atoms with Gasteiger partial charge in [-0.05, 0) is 43.7 Å². The number of nitrogens with one attached hydrogen (secondary N) is 2. The monoisotopic (exact) mass is 315 g/mol. The molecule has 0 unspecified atom stereocenters. The predicted molar refractivity (Wildman–Crippen MR) is 95.7 cm³/mol. The van der Waals surface area contributed by atoms with Gasteiger partial charge in [-0.2, -0.15) is 5.26 Å². The molecule has 0 aliphatic rings. The van der Waals surface area contributed by atoms with Gasteiger partial charge in [-0.25, -0.2) is 9.97 Å². The molecule has 118 valence electrons. The third kappa shape index (κ3) is 3.68. The third-order valence-electron chi connectivity index (χ3n) is 3.44. The average Bonchev–Trinajstić information content (AvgIpc) is 2.55. The van der Waals surface area contributed by atoms with E-state index >= 15 is 0 Å². The van der Waals surface area contributed by atoms with E-state index in [0.717, 1.165) is 11.4 Å². The van der Waals surface area contributed by atoms with E-state index in [2.05, 4.69) is 32.7 Å². The topological polar surface area (TPSA) is 73.6 Å². The van der Waals surface area contributed by atoms with E-state index < -0.39 is 0 Å². The Kier molecular flexibility index (Phi) is 4.39. The molecule has 0 fully saturated rings. The molecule has 0 aliphatic heterocycles. The second kappa shape index (κ2) is 6.80. The van der Waals surface area contributed by atoms with Crippen LogP contribution in [0.4, 0.5) is 23.0 Å². The molecule has 0 spiro atoms. The summed E-state index contributed by atoms with van der Waals surface area (Å²) in [5, 5.41) is 15.7. The van der Waals surface area contributed by atoms with E-state index in [9.17, 15) is 5.26 Å². The van der Waals surface area contributed by atoms with E-state index in [1.807, 2.05) is 56.3 Å². The van der Waals surface area contributed by atoms with Crippen LogP contribution in [0.25, 0.3) is 0 Å². The van der Waals surface area contributed by atoms with Crippen molar-refractivity contribution in [1.82, 2.24) is 9.97 Å². The Morgan fingerprint density at radius 2 is 1.62 bits per heavy atom. The SMILES string of the molecule is Cc1cccc(Nc2cc(Nc3ccccc3C#N)nc(C)n2)c1. The van der Waals surface area contributed by atoms with Crippen molar-refractivity contribution in [3.05, 3.63) is 71.5 Å². The van der Waals surface area contributed by atoms with Gasteiger partial charge >= 0.3 is 0 Å². The number of nitriles is 1. The maximum absolute atomic E-state index is 9.19. The molecule has 5 nitrogen and oxygen atoms in total. The van der Waals surface area contributed by atoms with Crippen LogP contribution >= 0.6 is 0 Å². The Hall–Kier alpha value is -3.39. The molecule has 0 aliphatic carbocycles. The molecular formula is C19H17N5. The largest absolute Gasteiger partial charge is 0.340 e. The predicted octanol–water partition coefficient (Wildman–Crippen LogP) is 4.45. The van der Waals surface area contributed by atoms with Gasteiger partial charge in [0.1, 0.15) is 23.5 Å². The maximum Gasteiger partial charge on any atom is 0.136 e. The molecule has 0 saturated carbocycles. The Balaban J connectivity index is 1.88. The summed E-state index contributed by atoms with van der Waals surface area (Å²) in [5.41, 5.74) is 3.44. The molecule has 0 radical (unpaired) electrons. The zero-order chi connectivity index (χ0) is 16.9. The lowest BCUT2D eigenvalue weighted by Crippen LogP contribution is -2.02. The van der Waals surface area contributed by atoms with Crippen LogP contribution < -0.4 is 10.6 Å². The van der Waals surface area contributed by atoms with E-state index in [-0.39, 0.29) is 0 Å².